The Morgan fingerprint density at radius 3 is 2.58 bits per heavy atom. The molecule has 1 aromatic heterocycles. The molecule has 19 heavy (non-hydrogen) atoms. The van der Waals surface area contributed by atoms with Crippen LogP contribution >= 0.6 is 0 Å². The first kappa shape index (κ1) is 14.6. The van der Waals surface area contributed by atoms with E-state index in [1.807, 2.05) is 0 Å². The number of rotatable bonds is 1. The van der Waals surface area contributed by atoms with Crippen LogP contribution in [0.1, 0.15) is 31.4 Å². The van der Waals surface area contributed by atoms with Crippen LogP contribution < -0.4 is 0 Å². The molecule has 3 rings (SSSR count). The van der Waals surface area contributed by atoms with Crippen LogP contribution in [0, 0.1) is 12.0 Å². The third-order valence-corrected chi connectivity index (χ3v) is 3.55. The van der Waals surface area contributed by atoms with Gasteiger partial charge in [-0.15, -0.1) is 0 Å². The van der Waals surface area contributed by atoms with Crippen molar-refractivity contribution in [1.29, 1.82) is 0 Å². The molecule has 2 nitrogen and oxygen atoms in total. The Hall–Kier alpha value is -0.832. The SMILES string of the molecule is CC1CC(n2ncc3c[c-]cc(C(F)(F)F)c32)C1.[W]. The van der Waals surface area contributed by atoms with E-state index in [0.29, 0.717) is 11.3 Å². The fraction of sp³-hybridized carbons (Fsp3) is 0.462. The Balaban J connectivity index is 0.00000133. The molecule has 1 saturated carbocycles. The number of aromatic nitrogens is 2. The molecule has 1 heterocycles. The molecular weight excluding hydrogens is 425 g/mol. The van der Waals surface area contributed by atoms with Crippen LogP contribution in [-0.2, 0) is 27.2 Å². The molecule has 0 atom stereocenters. The number of halogens is 3. The summed E-state index contributed by atoms with van der Waals surface area (Å²) in [6.45, 7) is 2.10. The van der Waals surface area contributed by atoms with Crippen molar-refractivity contribution in [3.63, 3.8) is 0 Å². The average Bonchev–Trinajstić information content (AvgIpc) is 2.66. The summed E-state index contributed by atoms with van der Waals surface area (Å²) in [7, 11) is 0. The van der Waals surface area contributed by atoms with Gasteiger partial charge in [-0.05, 0) is 29.8 Å². The van der Waals surface area contributed by atoms with Crippen molar-refractivity contribution in [3.05, 3.63) is 30.0 Å². The second-order valence-electron chi connectivity index (χ2n) is 4.99. The minimum absolute atomic E-state index is 0. The molecule has 102 valence electrons. The zero-order valence-corrected chi connectivity index (χ0v) is 13.2. The van der Waals surface area contributed by atoms with E-state index in [-0.39, 0.29) is 32.6 Å². The molecular formula is C13H12F3N2W-. The molecule has 1 aliphatic rings. The van der Waals surface area contributed by atoms with Gasteiger partial charge in [-0.2, -0.15) is 36.5 Å². The fourth-order valence-electron chi connectivity index (χ4n) is 2.60. The van der Waals surface area contributed by atoms with Gasteiger partial charge < -0.3 is 0 Å². The van der Waals surface area contributed by atoms with Crippen molar-refractivity contribution < 1.29 is 34.2 Å². The van der Waals surface area contributed by atoms with E-state index in [2.05, 4.69) is 18.1 Å². The van der Waals surface area contributed by atoms with Crippen molar-refractivity contribution in [2.75, 3.05) is 0 Å². The Morgan fingerprint density at radius 2 is 2.00 bits per heavy atom. The maximum atomic E-state index is 13.0. The minimum atomic E-state index is -4.36. The molecule has 0 spiro atoms. The Kier molecular flexibility index (Phi) is 3.78. The van der Waals surface area contributed by atoms with E-state index in [1.54, 1.807) is 6.07 Å². The van der Waals surface area contributed by atoms with Crippen molar-refractivity contribution in [2.24, 2.45) is 5.92 Å². The molecule has 0 radical (unpaired) electrons. The van der Waals surface area contributed by atoms with Crippen LogP contribution in [0.4, 0.5) is 13.2 Å². The third kappa shape index (κ3) is 2.45. The van der Waals surface area contributed by atoms with Crippen LogP contribution in [0.25, 0.3) is 10.9 Å². The molecule has 6 heteroatoms. The van der Waals surface area contributed by atoms with Gasteiger partial charge in [0.05, 0.1) is 6.04 Å². The summed E-state index contributed by atoms with van der Waals surface area (Å²) in [5.41, 5.74) is -0.449. The molecule has 2 aromatic rings. The standard InChI is InChI=1S/C13H12F3N2.W/c1-8-5-10(6-8)18-12-9(7-17-18)3-2-4-11(12)13(14,15)16;/h3-4,7-8,10H,5-6H2,1H3;/q-1;. The normalized spacial score (nSPS) is 22.9. The van der Waals surface area contributed by atoms with Crippen LogP contribution in [0.3, 0.4) is 0 Å². The summed E-state index contributed by atoms with van der Waals surface area (Å²) in [5, 5.41) is 4.63. The molecule has 0 bridgehead atoms. The first-order chi connectivity index (χ1) is 8.47. The van der Waals surface area contributed by atoms with E-state index in [1.165, 1.54) is 10.9 Å². The number of nitrogens with zero attached hydrogens (tertiary/aromatic N) is 2. The van der Waals surface area contributed by atoms with Gasteiger partial charge in [0.15, 0.2) is 0 Å². The van der Waals surface area contributed by atoms with Gasteiger partial charge in [0.25, 0.3) is 0 Å². The van der Waals surface area contributed by atoms with E-state index < -0.39 is 11.7 Å². The predicted molar refractivity (Wildman–Crippen MR) is 61.0 cm³/mol. The number of fused-ring (bicyclic) bond motifs is 1. The number of hydrogen-bond donors (Lipinski definition) is 0. The predicted octanol–water partition coefficient (Wildman–Crippen LogP) is 3.82. The van der Waals surface area contributed by atoms with Gasteiger partial charge >= 0.3 is 6.18 Å². The molecule has 1 aliphatic carbocycles. The Bertz CT molecular complexity index is 585. The number of hydrogen-bond acceptors (Lipinski definition) is 1. The molecule has 1 fully saturated rings. The second kappa shape index (κ2) is 4.93. The zero-order valence-electron chi connectivity index (χ0n) is 10.2. The fourth-order valence-corrected chi connectivity index (χ4v) is 2.60. The van der Waals surface area contributed by atoms with Crippen molar-refractivity contribution >= 4 is 10.9 Å². The van der Waals surface area contributed by atoms with Gasteiger partial charge in [0, 0.05) is 27.3 Å². The van der Waals surface area contributed by atoms with E-state index in [0.717, 1.165) is 18.9 Å². The maximum absolute atomic E-state index is 13.0. The van der Waals surface area contributed by atoms with Crippen LogP contribution in [-0.4, -0.2) is 9.78 Å². The van der Waals surface area contributed by atoms with E-state index >= 15 is 0 Å². The van der Waals surface area contributed by atoms with Gasteiger partial charge in [0.1, 0.15) is 0 Å². The van der Waals surface area contributed by atoms with Gasteiger partial charge in [-0.25, -0.2) is 0 Å². The van der Waals surface area contributed by atoms with Crippen LogP contribution in [0.15, 0.2) is 18.3 Å². The smallest absolute Gasteiger partial charge is 0.286 e. The van der Waals surface area contributed by atoms with Crippen molar-refractivity contribution in [2.45, 2.75) is 32.0 Å². The molecule has 0 N–H and O–H groups in total. The third-order valence-electron chi connectivity index (χ3n) is 3.55. The largest absolute Gasteiger partial charge is 0.372 e. The van der Waals surface area contributed by atoms with Crippen LogP contribution in [0.5, 0.6) is 0 Å². The minimum Gasteiger partial charge on any atom is -0.286 e. The summed E-state index contributed by atoms with van der Waals surface area (Å²) >= 11 is 0. The molecule has 1 aromatic carbocycles. The van der Waals surface area contributed by atoms with Crippen molar-refractivity contribution in [1.82, 2.24) is 9.78 Å². The van der Waals surface area contributed by atoms with Crippen molar-refractivity contribution in [3.8, 4) is 0 Å². The Labute approximate surface area is 123 Å². The molecule has 0 saturated heterocycles. The second-order valence-corrected chi connectivity index (χ2v) is 4.99. The topological polar surface area (TPSA) is 17.8 Å². The molecule has 0 amide bonds. The molecule has 0 unspecified atom stereocenters. The first-order valence-corrected chi connectivity index (χ1v) is 5.91. The summed E-state index contributed by atoms with van der Waals surface area (Å²) in [6, 6.07) is 5.19. The zero-order chi connectivity index (χ0) is 12.9. The summed E-state index contributed by atoms with van der Waals surface area (Å²) < 4.78 is 40.5. The quantitative estimate of drug-likeness (QED) is 0.621. The van der Waals surface area contributed by atoms with E-state index in [9.17, 15) is 13.2 Å². The van der Waals surface area contributed by atoms with Gasteiger partial charge in [0.2, 0.25) is 0 Å². The summed E-state index contributed by atoms with van der Waals surface area (Å²) in [5.74, 6) is 0.568. The summed E-state index contributed by atoms with van der Waals surface area (Å²) in [6.07, 6.45) is -1.08. The number of alkyl halides is 3. The number of benzene rings is 1. The molecule has 0 aliphatic heterocycles. The van der Waals surface area contributed by atoms with Crippen LogP contribution in [0.2, 0.25) is 0 Å². The van der Waals surface area contributed by atoms with Gasteiger partial charge in [-0.1, -0.05) is 12.3 Å². The monoisotopic (exact) mass is 437 g/mol. The first-order valence-electron chi connectivity index (χ1n) is 5.91. The Morgan fingerprint density at radius 1 is 1.32 bits per heavy atom. The van der Waals surface area contributed by atoms with Gasteiger partial charge in [-0.3, -0.25) is 4.68 Å². The maximum Gasteiger partial charge on any atom is 0.372 e. The average molecular weight is 437 g/mol. The van der Waals surface area contributed by atoms with E-state index in [4.69, 9.17) is 0 Å². The summed E-state index contributed by atoms with van der Waals surface area (Å²) in [4.78, 5) is 0.